The number of amides is 2. The van der Waals surface area contributed by atoms with Gasteiger partial charge in [0.1, 0.15) is 6.04 Å². The summed E-state index contributed by atoms with van der Waals surface area (Å²) >= 11 is 0. The van der Waals surface area contributed by atoms with E-state index in [0.29, 0.717) is 6.54 Å². The predicted octanol–water partition coefficient (Wildman–Crippen LogP) is 0.906. The normalized spacial score (nSPS) is 17.2. The van der Waals surface area contributed by atoms with Crippen molar-refractivity contribution in [2.24, 2.45) is 0 Å². The Morgan fingerprint density at radius 1 is 1.38 bits per heavy atom. The van der Waals surface area contributed by atoms with Crippen LogP contribution in [0.15, 0.2) is 42.7 Å². The average molecular weight is 355 g/mol. The maximum Gasteiger partial charge on any atom is 0.247 e. The summed E-state index contributed by atoms with van der Waals surface area (Å²) in [7, 11) is 1.63. The maximum absolute atomic E-state index is 12.4. The Balaban J connectivity index is 1.51. The van der Waals surface area contributed by atoms with E-state index in [1.54, 1.807) is 37.1 Å². The number of hydrogen-bond acceptors (Lipinski definition) is 4. The highest BCUT2D eigenvalue weighted by Gasteiger charge is 2.23. The van der Waals surface area contributed by atoms with Crippen LogP contribution in [0.1, 0.15) is 30.1 Å². The summed E-state index contributed by atoms with van der Waals surface area (Å²) in [5, 5.41) is 10.4. The van der Waals surface area contributed by atoms with Crippen molar-refractivity contribution in [2.75, 3.05) is 26.7 Å². The van der Waals surface area contributed by atoms with E-state index in [2.05, 4.69) is 27.9 Å². The lowest BCUT2D eigenvalue weighted by molar-refractivity contribution is -0.137. The smallest absolute Gasteiger partial charge is 0.247 e. The van der Waals surface area contributed by atoms with Crippen LogP contribution in [-0.2, 0) is 16.0 Å². The van der Waals surface area contributed by atoms with Crippen LogP contribution in [0.5, 0.6) is 0 Å². The number of fused-ring (bicyclic) bond motifs is 1. The molecule has 2 unspecified atom stereocenters. The van der Waals surface area contributed by atoms with Gasteiger partial charge in [-0.15, -0.1) is 0 Å². The largest absolute Gasteiger partial charge is 0.353 e. The second kappa shape index (κ2) is 8.14. The highest BCUT2D eigenvalue weighted by molar-refractivity contribution is 5.86. The molecular formula is C19H25N5O2. The molecular weight excluding hydrogens is 330 g/mol. The Kier molecular flexibility index (Phi) is 5.68. The van der Waals surface area contributed by atoms with Crippen LogP contribution >= 0.6 is 0 Å². The molecule has 7 heteroatoms. The first-order chi connectivity index (χ1) is 12.6. The summed E-state index contributed by atoms with van der Waals surface area (Å²) in [6.45, 7) is 3.20. The zero-order chi connectivity index (χ0) is 18.5. The van der Waals surface area contributed by atoms with Gasteiger partial charge in [-0.05, 0) is 37.1 Å². The van der Waals surface area contributed by atoms with E-state index in [-0.39, 0.29) is 24.4 Å². The lowest BCUT2D eigenvalue weighted by Gasteiger charge is -2.27. The van der Waals surface area contributed by atoms with Crippen molar-refractivity contribution in [1.29, 1.82) is 0 Å². The molecule has 1 aliphatic heterocycles. The van der Waals surface area contributed by atoms with Crippen LogP contribution < -0.4 is 10.6 Å². The molecule has 2 amide bonds. The van der Waals surface area contributed by atoms with Gasteiger partial charge in [0, 0.05) is 32.0 Å². The Hall–Kier alpha value is -2.67. The topological polar surface area (TPSA) is 79.3 Å². The van der Waals surface area contributed by atoms with Gasteiger partial charge in [0.25, 0.3) is 0 Å². The van der Waals surface area contributed by atoms with Gasteiger partial charge in [0.05, 0.1) is 6.54 Å². The fourth-order valence-corrected chi connectivity index (χ4v) is 3.28. The second-order valence-electron chi connectivity index (χ2n) is 6.62. The summed E-state index contributed by atoms with van der Waals surface area (Å²) < 4.78 is 1.58. The molecule has 0 saturated carbocycles. The summed E-state index contributed by atoms with van der Waals surface area (Å²) in [5.74, 6) is -0.316. The van der Waals surface area contributed by atoms with Gasteiger partial charge in [-0.25, -0.2) is 0 Å². The fourth-order valence-electron chi connectivity index (χ4n) is 3.28. The first-order valence-electron chi connectivity index (χ1n) is 8.88. The van der Waals surface area contributed by atoms with E-state index in [0.717, 1.165) is 13.0 Å². The highest BCUT2D eigenvalue weighted by atomic mass is 16.2. The van der Waals surface area contributed by atoms with Crippen molar-refractivity contribution in [2.45, 2.75) is 25.4 Å². The SMILES string of the molecule is CC(C(=O)N(C)CC(=O)NCC1NCCc2ccccc21)n1cccn1. The number of likely N-dealkylation sites (N-methyl/N-ethyl adjacent to an activating group) is 1. The van der Waals surface area contributed by atoms with E-state index in [1.807, 2.05) is 12.1 Å². The number of nitrogens with zero attached hydrogens (tertiary/aromatic N) is 3. The van der Waals surface area contributed by atoms with E-state index in [4.69, 9.17) is 0 Å². The van der Waals surface area contributed by atoms with Crippen LogP contribution in [0.3, 0.4) is 0 Å². The van der Waals surface area contributed by atoms with Gasteiger partial charge in [-0.2, -0.15) is 5.10 Å². The van der Waals surface area contributed by atoms with Crippen LogP contribution in [0.25, 0.3) is 0 Å². The third-order valence-corrected chi connectivity index (χ3v) is 4.76. The molecule has 2 atom stereocenters. The summed E-state index contributed by atoms with van der Waals surface area (Å²) in [6, 6.07) is 9.73. The molecule has 0 bridgehead atoms. The van der Waals surface area contributed by atoms with Crippen molar-refractivity contribution < 1.29 is 9.59 Å². The highest BCUT2D eigenvalue weighted by Crippen LogP contribution is 2.21. The van der Waals surface area contributed by atoms with Gasteiger partial charge >= 0.3 is 0 Å². The average Bonchev–Trinajstić information content (AvgIpc) is 3.19. The van der Waals surface area contributed by atoms with E-state index >= 15 is 0 Å². The summed E-state index contributed by atoms with van der Waals surface area (Å²) in [6.07, 6.45) is 4.37. The number of benzene rings is 1. The molecule has 2 aromatic rings. The van der Waals surface area contributed by atoms with E-state index in [1.165, 1.54) is 16.0 Å². The monoisotopic (exact) mass is 355 g/mol. The first kappa shape index (κ1) is 18.1. The molecule has 138 valence electrons. The zero-order valence-electron chi connectivity index (χ0n) is 15.2. The van der Waals surface area contributed by atoms with Crippen molar-refractivity contribution in [3.63, 3.8) is 0 Å². The minimum atomic E-state index is -0.435. The number of nitrogens with one attached hydrogen (secondary N) is 2. The van der Waals surface area contributed by atoms with Crippen molar-refractivity contribution in [3.8, 4) is 0 Å². The summed E-state index contributed by atoms with van der Waals surface area (Å²) in [5.41, 5.74) is 2.56. The van der Waals surface area contributed by atoms with Crippen molar-refractivity contribution in [1.82, 2.24) is 25.3 Å². The molecule has 26 heavy (non-hydrogen) atoms. The lowest BCUT2D eigenvalue weighted by atomic mass is 9.94. The number of rotatable bonds is 6. The molecule has 1 aromatic heterocycles. The van der Waals surface area contributed by atoms with Gasteiger partial charge in [-0.1, -0.05) is 24.3 Å². The molecule has 0 aliphatic carbocycles. The molecule has 1 aliphatic rings. The van der Waals surface area contributed by atoms with Gasteiger partial charge < -0.3 is 15.5 Å². The van der Waals surface area contributed by atoms with Crippen LogP contribution in [-0.4, -0.2) is 53.2 Å². The standard InChI is InChI=1S/C19H25N5O2/c1-14(24-11-5-9-22-24)19(26)23(2)13-18(25)21-12-17-16-7-4-3-6-15(16)8-10-20-17/h3-7,9,11,14,17,20H,8,10,12-13H2,1-2H3,(H,21,25). The molecule has 3 rings (SSSR count). The Labute approximate surface area is 153 Å². The number of aromatic nitrogens is 2. The predicted molar refractivity (Wildman–Crippen MR) is 98.5 cm³/mol. The van der Waals surface area contributed by atoms with E-state index in [9.17, 15) is 9.59 Å². The van der Waals surface area contributed by atoms with Crippen LogP contribution in [0, 0.1) is 0 Å². The lowest BCUT2D eigenvalue weighted by Crippen LogP contribution is -2.44. The van der Waals surface area contributed by atoms with Gasteiger partial charge in [0.2, 0.25) is 11.8 Å². The van der Waals surface area contributed by atoms with Crippen molar-refractivity contribution in [3.05, 3.63) is 53.9 Å². The minimum Gasteiger partial charge on any atom is -0.353 e. The van der Waals surface area contributed by atoms with E-state index < -0.39 is 6.04 Å². The Bertz CT molecular complexity index is 759. The molecule has 0 spiro atoms. The molecule has 0 radical (unpaired) electrons. The Morgan fingerprint density at radius 2 is 2.19 bits per heavy atom. The third-order valence-electron chi connectivity index (χ3n) is 4.76. The molecule has 0 fully saturated rings. The maximum atomic E-state index is 12.4. The molecule has 1 aromatic carbocycles. The number of carbonyl (C=O) groups excluding carboxylic acids is 2. The molecule has 0 saturated heterocycles. The zero-order valence-corrected chi connectivity index (χ0v) is 15.2. The molecule has 2 heterocycles. The summed E-state index contributed by atoms with van der Waals surface area (Å²) in [4.78, 5) is 26.1. The Morgan fingerprint density at radius 3 is 2.96 bits per heavy atom. The number of hydrogen-bond donors (Lipinski definition) is 2. The van der Waals surface area contributed by atoms with Crippen LogP contribution in [0.2, 0.25) is 0 Å². The number of carbonyl (C=O) groups is 2. The quantitative estimate of drug-likeness (QED) is 0.807. The van der Waals surface area contributed by atoms with Gasteiger partial charge in [-0.3, -0.25) is 14.3 Å². The molecule has 2 N–H and O–H groups in total. The molecule has 7 nitrogen and oxygen atoms in total. The third kappa shape index (κ3) is 4.11. The second-order valence-corrected chi connectivity index (χ2v) is 6.62. The first-order valence-corrected chi connectivity index (χ1v) is 8.88. The van der Waals surface area contributed by atoms with Crippen molar-refractivity contribution >= 4 is 11.8 Å². The fraction of sp³-hybridized carbons (Fsp3) is 0.421. The van der Waals surface area contributed by atoms with Gasteiger partial charge in [0.15, 0.2) is 0 Å². The van der Waals surface area contributed by atoms with Crippen LogP contribution in [0.4, 0.5) is 0 Å². The minimum absolute atomic E-state index is 0.0266.